The van der Waals surface area contributed by atoms with Crippen LogP contribution in [-0.4, -0.2) is 36.3 Å². The van der Waals surface area contributed by atoms with Gasteiger partial charge in [0, 0.05) is 20.0 Å². The van der Waals surface area contributed by atoms with Gasteiger partial charge in [-0.05, 0) is 23.9 Å². The van der Waals surface area contributed by atoms with E-state index in [0.29, 0.717) is 6.61 Å². The minimum Gasteiger partial charge on any atom is -0.618 e. The second-order valence-electron chi connectivity index (χ2n) is 4.69. The SMILES string of the molecule is CC1=[N+]([O-])C(c2cc(C)cs2)=C1C1CNCCO1. The van der Waals surface area contributed by atoms with Crippen molar-refractivity contribution in [1.29, 1.82) is 0 Å². The van der Waals surface area contributed by atoms with Gasteiger partial charge in [0.15, 0.2) is 0 Å². The largest absolute Gasteiger partial charge is 0.618 e. The van der Waals surface area contributed by atoms with Crippen molar-refractivity contribution in [2.45, 2.75) is 20.0 Å². The summed E-state index contributed by atoms with van der Waals surface area (Å²) in [5.41, 5.74) is 3.84. The molecular formula is C13H16N2O2S. The van der Waals surface area contributed by atoms with E-state index in [4.69, 9.17) is 4.74 Å². The lowest BCUT2D eigenvalue weighted by Gasteiger charge is -2.30. The summed E-state index contributed by atoms with van der Waals surface area (Å²) < 4.78 is 6.78. The van der Waals surface area contributed by atoms with Gasteiger partial charge in [-0.15, -0.1) is 11.3 Å². The molecule has 0 aromatic carbocycles. The van der Waals surface area contributed by atoms with Crippen LogP contribution in [0.2, 0.25) is 0 Å². The highest BCUT2D eigenvalue weighted by atomic mass is 32.1. The first kappa shape index (κ1) is 11.9. The average Bonchev–Trinajstić information content (AvgIpc) is 2.81. The van der Waals surface area contributed by atoms with Gasteiger partial charge in [-0.2, -0.15) is 4.74 Å². The van der Waals surface area contributed by atoms with E-state index >= 15 is 0 Å². The van der Waals surface area contributed by atoms with Gasteiger partial charge in [-0.1, -0.05) is 0 Å². The predicted octanol–water partition coefficient (Wildman–Crippen LogP) is 1.74. The molecule has 1 unspecified atom stereocenters. The Morgan fingerprint density at radius 1 is 1.50 bits per heavy atom. The summed E-state index contributed by atoms with van der Waals surface area (Å²) in [6.07, 6.45) is 0.0151. The van der Waals surface area contributed by atoms with E-state index in [2.05, 4.69) is 16.8 Å². The van der Waals surface area contributed by atoms with Crippen molar-refractivity contribution in [3.63, 3.8) is 0 Å². The smallest absolute Gasteiger partial charge is 0.246 e. The van der Waals surface area contributed by atoms with E-state index < -0.39 is 0 Å². The molecule has 0 saturated carbocycles. The second-order valence-corrected chi connectivity index (χ2v) is 5.61. The molecule has 2 aliphatic rings. The molecule has 3 rings (SSSR count). The van der Waals surface area contributed by atoms with Crippen molar-refractivity contribution >= 4 is 22.7 Å². The standard InChI is InChI=1S/C13H16N2O2S/c1-8-5-11(18-7-8)13-12(9(2)15(13)16)10-6-14-3-4-17-10/h5,7,10,14H,3-4,6H2,1-2H3. The maximum Gasteiger partial charge on any atom is 0.246 e. The molecule has 0 bridgehead atoms. The van der Waals surface area contributed by atoms with Crippen molar-refractivity contribution in [2.75, 3.05) is 19.7 Å². The van der Waals surface area contributed by atoms with Crippen molar-refractivity contribution in [2.24, 2.45) is 0 Å². The van der Waals surface area contributed by atoms with E-state index in [9.17, 15) is 5.21 Å². The van der Waals surface area contributed by atoms with Crippen LogP contribution in [0.5, 0.6) is 0 Å². The minimum atomic E-state index is 0.0151. The number of rotatable bonds is 2. The highest BCUT2D eigenvalue weighted by molar-refractivity contribution is 7.11. The van der Waals surface area contributed by atoms with Crippen LogP contribution in [0.4, 0.5) is 0 Å². The molecule has 0 spiro atoms. The molecule has 1 aromatic rings. The van der Waals surface area contributed by atoms with Crippen LogP contribution in [0.25, 0.3) is 5.70 Å². The summed E-state index contributed by atoms with van der Waals surface area (Å²) in [5.74, 6) is 0. The topological polar surface area (TPSA) is 47.3 Å². The van der Waals surface area contributed by atoms with Crippen LogP contribution < -0.4 is 5.32 Å². The monoisotopic (exact) mass is 264 g/mol. The fourth-order valence-electron chi connectivity index (χ4n) is 2.43. The number of thiophene rings is 1. The van der Waals surface area contributed by atoms with Crippen LogP contribution >= 0.6 is 11.3 Å². The summed E-state index contributed by atoms with van der Waals surface area (Å²) in [6, 6.07) is 2.06. The zero-order valence-electron chi connectivity index (χ0n) is 10.5. The lowest BCUT2D eigenvalue weighted by molar-refractivity contribution is -0.365. The van der Waals surface area contributed by atoms with E-state index in [1.54, 1.807) is 11.3 Å². The number of nitrogens with zero attached hydrogens (tertiary/aromatic N) is 1. The number of hydrogen-bond acceptors (Lipinski definition) is 4. The maximum atomic E-state index is 12.0. The lowest BCUT2D eigenvalue weighted by atomic mass is 9.95. The van der Waals surface area contributed by atoms with Crippen LogP contribution in [0.3, 0.4) is 0 Å². The number of morpholine rings is 1. The third kappa shape index (κ3) is 1.79. The van der Waals surface area contributed by atoms with Crippen LogP contribution in [0.15, 0.2) is 17.0 Å². The quantitative estimate of drug-likeness (QED) is 0.654. The van der Waals surface area contributed by atoms with Crippen molar-refractivity contribution < 1.29 is 9.48 Å². The molecule has 0 radical (unpaired) electrons. The Morgan fingerprint density at radius 2 is 2.33 bits per heavy atom. The van der Waals surface area contributed by atoms with E-state index in [-0.39, 0.29) is 6.10 Å². The molecule has 1 atom stereocenters. The van der Waals surface area contributed by atoms with Gasteiger partial charge < -0.3 is 15.3 Å². The van der Waals surface area contributed by atoms with Gasteiger partial charge in [0.2, 0.25) is 11.4 Å². The first-order chi connectivity index (χ1) is 8.68. The third-order valence-corrected chi connectivity index (χ3v) is 4.42. The number of ether oxygens (including phenoxy) is 1. The number of aryl methyl sites for hydroxylation is 1. The molecule has 1 aromatic heterocycles. The molecule has 4 nitrogen and oxygen atoms in total. The first-order valence-electron chi connectivity index (χ1n) is 6.11. The molecule has 18 heavy (non-hydrogen) atoms. The molecule has 0 amide bonds. The predicted molar refractivity (Wildman–Crippen MR) is 72.9 cm³/mol. The van der Waals surface area contributed by atoms with Crippen LogP contribution in [0.1, 0.15) is 17.4 Å². The average molecular weight is 264 g/mol. The Bertz CT molecular complexity index is 539. The van der Waals surface area contributed by atoms with Gasteiger partial charge in [0.1, 0.15) is 16.6 Å². The Labute approximate surface area is 110 Å². The minimum absolute atomic E-state index is 0.0151. The molecule has 96 valence electrons. The molecule has 2 aliphatic heterocycles. The number of hydrogen-bond donors (Lipinski definition) is 1. The highest BCUT2D eigenvalue weighted by Gasteiger charge is 2.40. The highest BCUT2D eigenvalue weighted by Crippen LogP contribution is 2.35. The van der Waals surface area contributed by atoms with Gasteiger partial charge in [-0.3, -0.25) is 0 Å². The van der Waals surface area contributed by atoms with E-state index in [1.807, 2.05) is 13.8 Å². The Kier molecular flexibility index (Phi) is 2.97. The summed E-state index contributed by atoms with van der Waals surface area (Å²) in [6.45, 7) is 6.29. The molecule has 1 fully saturated rings. The number of hydroxylamine groups is 1. The molecule has 5 heteroatoms. The van der Waals surface area contributed by atoms with Crippen molar-refractivity contribution in [3.05, 3.63) is 32.7 Å². The Balaban J connectivity index is 1.95. The zero-order chi connectivity index (χ0) is 12.7. The van der Waals surface area contributed by atoms with E-state index in [0.717, 1.165) is 39.7 Å². The first-order valence-corrected chi connectivity index (χ1v) is 6.99. The van der Waals surface area contributed by atoms with Crippen LogP contribution in [-0.2, 0) is 4.74 Å². The third-order valence-electron chi connectivity index (χ3n) is 3.37. The molecular weight excluding hydrogens is 248 g/mol. The summed E-state index contributed by atoms with van der Waals surface area (Å²) >= 11 is 1.62. The van der Waals surface area contributed by atoms with E-state index in [1.165, 1.54) is 5.56 Å². The fourth-order valence-corrected chi connectivity index (χ4v) is 3.37. The molecule has 1 saturated heterocycles. The molecule has 1 N–H and O–H groups in total. The second kappa shape index (κ2) is 4.50. The normalized spacial score (nSPS) is 24.4. The zero-order valence-corrected chi connectivity index (χ0v) is 11.3. The maximum absolute atomic E-state index is 12.0. The Morgan fingerprint density at radius 3 is 2.94 bits per heavy atom. The molecule has 0 aliphatic carbocycles. The Hall–Kier alpha value is -1.17. The fraction of sp³-hybridized carbons (Fsp3) is 0.462. The number of nitrogens with one attached hydrogen (secondary N) is 1. The van der Waals surface area contributed by atoms with Crippen LogP contribution in [0, 0.1) is 12.1 Å². The van der Waals surface area contributed by atoms with Gasteiger partial charge in [-0.25, -0.2) is 0 Å². The molecule has 3 heterocycles. The summed E-state index contributed by atoms with van der Waals surface area (Å²) in [4.78, 5) is 1.04. The summed E-state index contributed by atoms with van der Waals surface area (Å²) in [7, 11) is 0. The van der Waals surface area contributed by atoms with Gasteiger partial charge in [0.05, 0.1) is 6.61 Å². The lowest BCUT2D eigenvalue weighted by Crippen LogP contribution is -2.45. The van der Waals surface area contributed by atoms with Crippen molar-refractivity contribution in [1.82, 2.24) is 5.32 Å². The van der Waals surface area contributed by atoms with Gasteiger partial charge >= 0.3 is 0 Å². The van der Waals surface area contributed by atoms with Crippen molar-refractivity contribution in [3.8, 4) is 0 Å². The summed E-state index contributed by atoms with van der Waals surface area (Å²) in [5, 5.41) is 17.4. The van der Waals surface area contributed by atoms with Gasteiger partial charge in [0.25, 0.3) is 0 Å².